The molecule has 0 radical (unpaired) electrons. The highest BCUT2D eigenvalue weighted by Crippen LogP contribution is 2.22. The third kappa shape index (κ3) is 2.08. The van der Waals surface area contributed by atoms with E-state index in [0.29, 0.717) is 6.42 Å². The normalized spacial score (nSPS) is 20.7. The second kappa shape index (κ2) is 3.20. The topological polar surface area (TPSA) is 52.6 Å². The van der Waals surface area contributed by atoms with Crippen molar-refractivity contribution in [1.82, 2.24) is 0 Å². The first kappa shape index (κ1) is 9.77. The zero-order chi connectivity index (χ0) is 10.1. The summed E-state index contributed by atoms with van der Waals surface area (Å²) in [6, 6.07) is 0. The van der Waals surface area contributed by atoms with Crippen LogP contribution >= 0.6 is 0 Å². The van der Waals surface area contributed by atoms with Crippen LogP contribution in [-0.4, -0.2) is 17.7 Å². The molecule has 0 aliphatic carbocycles. The Morgan fingerprint density at radius 3 is 2.08 bits per heavy atom. The van der Waals surface area contributed by atoms with E-state index in [4.69, 9.17) is 9.47 Å². The maximum absolute atomic E-state index is 11.2. The maximum Gasteiger partial charge on any atom is 0.348 e. The van der Waals surface area contributed by atoms with E-state index in [-0.39, 0.29) is 5.57 Å². The Morgan fingerprint density at radius 1 is 1.23 bits per heavy atom. The van der Waals surface area contributed by atoms with E-state index in [2.05, 4.69) is 0 Å². The predicted octanol–water partition coefficient (Wildman–Crippen LogP) is 1.16. The summed E-state index contributed by atoms with van der Waals surface area (Å²) in [6.45, 7) is 4.87. The zero-order valence-corrected chi connectivity index (χ0v) is 7.92. The van der Waals surface area contributed by atoms with Gasteiger partial charge in [0, 0.05) is 13.8 Å². The van der Waals surface area contributed by atoms with Crippen molar-refractivity contribution in [2.45, 2.75) is 33.0 Å². The molecule has 0 bridgehead atoms. The molecule has 1 fully saturated rings. The minimum atomic E-state index is -1.14. The fraction of sp³-hybridized carbons (Fsp3) is 0.556. The lowest BCUT2D eigenvalue weighted by Crippen LogP contribution is -2.41. The van der Waals surface area contributed by atoms with Gasteiger partial charge in [-0.25, -0.2) is 9.59 Å². The molecular formula is C9H12O4. The molecule has 0 unspecified atom stereocenters. The Hall–Kier alpha value is -1.32. The number of hydrogen-bond acceptors (Lipinski definition) is 4. The molecule has 0 aromatic heterocycles. The Labute approximate surface area is 76.5 Å². The third-order valence-electron chi connectivity index (χ3n) is 1.53. The van der Waals surface area contributed by atoms with Gasteiger partial charge in [0.15, 0.2) is 0 Å². The molecule has 1 heterocycles. The minimum Gasteiger partial charge on any atom is -0.419 e. The summed E-state index contributed by atoms with van der Waals surface area (Å²) in [7, 11) is 0. The van der Waals surface area contributed by atoms with E-state index in [9.17, 15) is 9.59 Å². The molecule has 1 saturated heterocycles. The molecule has 1 aliphatic heterocycles. The first-order chi connectivity index (χ1) is 5.96. The van der Waals surface area contributed by atoms with Gasteiger partial charge >= 0.3 is 11.9 Å². The lowest BCUT2D eigenvalue weighted by molar-refractivity contribution is -0.222. The summed E-state index contributed by atoms with van der Waals surface area (Å²) in [6.07, 6.45) is 2.10. The number of allylic oxidation sites excluding steroid dienone is 1. The fourth-order valence-corrected chi connectivity index (χ4v) is 1.03. The fourth-order valence-electron chi connectivity index (χ4n) is 1.03. The van der Waals surface area contributed by atoms with Gasteiger partial charge in [-0.05, 0) is 6.42 Å². The van der Waals surface area contributed by atoms with Crippen molar-refractivity contribution in [3.63, 3.8) is 0 Å². The van der Waals surface area contributed by atoms with Gasteiger partial charge < -0.3 is 9.47 Å². The summed E-state index contributed by atoms with van der Waals surface area (Å²) in [5.74, 6) is -2.36. The Bertz CT molecular complexity index is 253. The number of ether oxygens (including phenoxy) is 2. The Kier molecular flexibility index (Phi) is 2.40. The molecule has 1 aliphatic rings. The number of hydrogen-bond donors (Lipinski definition) is 0. The monoisotopic (exact) mass is 184 g/mol. The molecule has 0 atom stereocenters. The van der Waals surface area contributed by atoms with Crippen LogP contribution in [0.4, 0.5) is 0 Å². The summed E-state index contributed by atoms with van der Waals surface area (Å²) in [5.41, 5.74) is -0.0122. The van der Waals surface area contributed by atoms with E-state index in [1.54, 1.807) is 0 Å². The summed E-state index contributed by atoms with van der Waals surface area (Å²) in [4.78, 5) is 22.4. The van der Waals surface area contributed by atoms with Crippen molar-refractivity contribution in [3.05, 3.63) is 11.6 Å². The van der Waals surface area contributed by atoms with Gasteiger partial charge in [0.05, 0.1) is 0 Å². The van der Waals surface area contributed by atoms with Crippen molar-refractivity contribution in [2.24, 2.45) is 0 Å². The maximum atomic E-state index is 11.2. The van der Waals surface area contributed by atoms with Gasteiger partial charge in [-0.1, -0.05) is 13.0 Å². The SMILES string of the molecule is CCC=C1C(=O)OC(C)(C)OC1=O. The van der Waals surface area contributed by atoms with Crippen LogP contribution in [0.5, 0.6) is 0 Å². The van der Waals surface area contributed by atoms with E-state index in [1.165, 1.54) is 19.9 Å². The first-order valence-electron chi connectivity index (χ1n) is 4.13. The molecule has 72 valence electrons. The van der Waals surface area contributed by atoms with Crippen LogP contribution in [0.2, 0.25) is 0 Å². The summed E-state index contributed by atoms with van der Waals surface area (Å²) in [5, 5.41) is 0. The number of carbonyl (C=O) groups excluding carboxylic acids is 2. The summed E-state index contributed by atoms with van der Waals surface area (Å²) >= 11 is 0. The molecule has 4 nitrogen and oxygen atoms in total. The van der Waals surface area contributed by atoms with Crippen molar-refractivity contribution in [1.29, 1.82) is 0 Å². The molecule has 4 heteroatoms. The highest BCUT2D eigenvalue weighted by Gasteiger charge is 2.38. The van der Waals surface area contributed by atoms with Gasteiger partial charge in [-0.2, -0.15) is 0 Å². The van der Waals surface area contributed by atoms with Gasteiger partial charge in [-0.15, -0.1) is 0 Å². The van der Waals surface area contributed by atoms with Crippen LogP contribution in [0.25, 0.3) is 0 Å². The Balaban J connectivity index is 2.89. The van der Waals surface area contributed by atoms with Gasteiger partial charge in [0.25, 0.3) is 5.79 Å². The lowest BCUT2D eigenvalue weighted by Gasteiger charge is -2.29. The lowest BCUT2D eigenvalue weighted by atomic mass is 10.2. The number of esters is 2. The van der Waals surface area contributed by atoms with E-state index >= 15 is 0 Å². The van der Waals surface area contributed by atoms with Crippen LogP contribution in [-0.2, 0) is 19.1 Å². The molecule has 13 heavy (non-hydrogen) atoms. The average molecular weight is 184 g/mol. The smallest absolute Gasteiger partial charge is 0.348 e. The number of rotatable bonds is 1. The molecule has 0 aromatic rings. The van der Waals surface area contributed by atoms with Gasteiger partial charge in [-0.3, -0.25) is 0 Å². The van der Waals surface area contributed by atoms with Crippen LogP contribution in [0.1, 0.15) is 27.2 Å². The second-order valence-electron chi connectivity index (χ2n) is 3.20. The van der Waals surface area contributed by atoms with Crippen molar-refractivity contribution in [3.8, 4) is 0 Å². The molecule has 0 aromatic carbocycles. The predicted molar refractivity (Wildman–Crippen MR) is 44.6 cm³/mol. The standard InChI is InChI=1S/C9H12O4/c1-4-5-6-7(10)12-9(2,3)13-8(6)11/h5H,4H2,1-3H3. The van der Waals surface area contributed by atoms with Crippen molar-refractivity contribution < 1.29 is 19.1 Å². The number of cyclic esters (lactones) is 2. The van der Waals surface area contributed by atoms with E-state index in [1.807, 2.05) is 6.92 Å². The molecule has 1 rings (SSSR count). The molecule has 0 saturated carbocycles. The largest absolute Gasteiger partial charge is 0.419 e. The van der Waals surface area contributed by atoms with Crippen molar-refractivity contribution in [2.75, 3.05) is 0 Å². The van der Waals surface area contributed by atoms with Crippen LogP contribution in [0, 0.1) is 0 Å². The minimum absolute atomic E-state index is 0.0122. The second-order valence-corrected chi connectivity index (χ2v) is 3.20. The van der Waals surface area contributed by atoms with E-state index < -0.39 is 17.7 Å². The van der Waals surface area contributed by atoms with Crippen LogP contribution in [0.15, 0.2) is 11.6 Å². The zero-order valence-electron chi connectivity index (χ0n) is 7.92. The van der Waals surface area contributed by atoms with Crippen molar-refractivity contribution >= 4 is 11.9 Å². The molecular weight excluding hydrogens is 172 g/mol. The quantitative estimate of drug-likeness (QED) is 0.348. The van der Waals surface area contributed by atoms with Gasteiger partial charge in [0.2, 0.25) is 0 Å². The highest BCUT2D eigenvalue weighted by molar-refractivity contribution is 6.15. The first-order valence-corrected chi connectivity index (χ1v) is 4.13. The highest BCUT2D eigenvalue weighted by atomic mass is 16.7. The van der Waals surface area contributed by atoms with E-state index in [0.717, 1.165) is 0 Å². The van der Waals surface area contributed by atoms with Crippen LogP contribution < -0.4 is 0 Å². The van der Waals surface area contributed by atoms with Gasteiger partial charge in [0.1, 0.15) is 5.57 Å². The number of carbonyl (C=O) groups is 2. The average Bonchev–Trinajstić information content (AvgIpc) is 1.94. The Morgan fingerprint density at radius 2 is 1.69 bits per heavy atom. The molecule has 0 spiro atoms. The van der Waals surface area contributed by atoms with Crippen LogP contribution in [0.3, 0.4) is 0 Å². The molecule has 0 N–H and O–H groups in total. The molecule has 0 amide bonds. The third-order valence-corrected chi connectivity index (χ3v) is 1.53. The summed E-state index contributed by atoms with van der Waals surface area (Å²) < 4.78 is 9.72.